The number of hydrogen-bond acceptors (Lipinski definition) is 14. The van der Waals surface area contributed by atoms with Crippen molar-refractivity contribution in [2.75, 3.05) is 20.8 Å². The molecular formula is C49H78O14. The van der Waals surface area contributed by atoms with Gasteiger partial charge in [-0.25, -0.2) is 0 Å². The van der Waals surface area contributed by atoms with Crippen molar-refractivity contribution >= 4 is 5.97 Å². The standard InChI is InChI=1S/C49H78O14/c1-14-16-33-25-56-45-44(55-13)28(6)19-36(49(33,45)53)46(52)59-35-21-34(62-48(23-35)24-37(50)30(8)47(11,15-2)63-48)18-17-27(5)42(26(3)4)60-39-20-29(7)43(32(10)58-39)61-40-22-38(54-12)41(51)31(9)57-40/h14,16-17,19,26,29-32,34-45,50-51,53H,1,15,18,20-25H2,2-13H3/b27-17+,33-16+. The minimum absolute atomic E-state index is 0.100. The van der Waals surface area contributed by atoms with Crippen LogP contribution in [0, 0.1) is 23.7 Å². The van der Waals surface area contributed by atoms with E-state index in [2.05, 4.69) is 40.3 Å². The van der Waals surface area contributed by atoms with Gasteiger partial charge in [-0.05, 0) is 76.0 Å². The van der Waals surface area contributed by atoms with Crippen LogP contribution in [0.25, 0.3) is 0 Å². The van der Waals surface area contributed by atoms with E-state index in [4.69, 9.17) is 47.4 Å². The molecule has 5 aliphatic heterocycles. The predicted octanol–water partition coefficient (Wildman–Crippen LogP) is 6.24. The van der Waals surface area contributed by atoms with Crippen LogP contribution in [-0.4, -0.2) is 139 Å². The molecule has 1 spiro atoms. The minimum atomic E-state index is -1.69. The molecule has 5 heterocycles. The van der Waals surface area contributed by atoms with Gasteiger partial charge in [0.25, 0.3) is 0 Å². The Morgan fingerprint density at radius 1 is 1.03 bits per heavy atom. The van der Waals surface area contributed by atoms with E-state index in [1.165, 1.54) is 0 Å². The van der Waals surface area contributed by atoms with Crippen LogP contribution < -0.4 is 0 Å². The number of esters is 1. The summed E-state index contributed by atoms with van der Waals surface area (Å²) < 4.78 is 63.2. The lowest BCUT2D eigenvalue weighted by Crippen LogP contribution is -2.62. The summed E-state index contributed by atoms with van der Waals surface area (Å²) >= 11 is 0. The third kappa shape index (κ3) is 10.4. The summed E-state index contributed by atoms with van der Waals surface area (Å²) in [6, 6.07) is 0. The number of carbonyl (C=O) groups is 1. The van der Waals surface area contributed by atoms with Crippen molar-refractivity contribution < 1.29 is 67.5 Å². The molecule has 0 amide bonds. The van der Waals surface area contributed by atoms with Crippen molar-refractivity contribution in [3.05, 3.63) is 47.6 Å². The van der Waals surface area contributed by atoms with Crippen molar-refractivity contribution in [2.24, 2.45) is 23.7 Å². The van der Waals surface area contributed by atoms with E-state index >= 15 is 0 Å². The normalized spacial score (nSPS) is 45.8. The van der Waals surface area contributed by atoms with Crippen LogP contribution >= 0.6 is 0 Å². The van der Waals surface area contributed by atoms with Gasteiger partial charge < -0.3 is 62.7 Å². The van der Waals surface area contributed by atoms with Gasteiger partial charge in [-0.2, -0.15) is 0 Å². The molecule has 0 radical (unpaired) electrons. The van der Waals surface area contributed by atoms with Gasteiger partial charge in [0.2, 0.25) is 0 Å². The lowest BCUT2D eigenvalue weighted by atomic mass is 9.71. The number of aliphatic hydroxyl groups is 3. The first-order valence-electron chi connectivity index (χ1n) is 23.4. The average molecular weight is 891 g/mol. The second-order valence-corrected chi connectivity index (χ2v) is 19.8. The first-order valence-corrected chi connectivity index (χ1v) is 23.4. The molecule has 63 heavy (non-hydrogen) atoms. The molecular weight excluding hydrogens is 813 g/mol. The second-order valence-electron chi connectivity index (χ2n) is 19.8. The van der Waals surface area contributed by atoms with E-state index in [9.17, 15) is 20.1 Å². The van der Waals surface area contributed by atoms with Gasteiger partial charge in [-0.3, -0.25) is 4.79 Å². The SMILES string of the molecule is C=C/C=C1\COC2C(OC)C(C)=CC(C(=O)OC3CC(C/C=C(\C)C(OC4CC(C)C(OC5CC(OC)C(O)C(C)O5)C(C)O4)C(C)C)OC4(C3)CC(O)C(C)C(C)(CC)O4)C12O. The number of hydrogen-bond donors (Lipinski definition) is 3. The van der Waals surface area contributed by atoms with Crippen LogP contribution in [0.5, 0.6) is 0 Å². The Labute approximate surface area is 375 Å². The van der Waals surface area contributed by atoms with Crippen LogP contribution in [0.3, 0.4) is 0 Å². The molecule has 6 rings (SSSR count). The molecule has 14 nitrogen and oxygen atoms in total. The molecule has 14 heteroatoms. The summed E-state index contributed by atoms with van der Waals surface area (Å²) in [5.41, 5.74) is -0.0593. The largest absolute Gasteiger partial charge is 0.462 e. The fourth-order valence-corrected chi connectivity index (χ4v) is 11.1. The van der Waals surface area contributed by atoms with E-state index in [1.807, 2.05) is 41.5 Å². The second kappa shape index (κ2) is 20.4. The first-order chi connectivity index (χ1) is 29.7. The van der Waals surface area contributed by atoms with Crippen molar-refractivity contribution in [1.82, 2.24) is 0 Å². The maximum atomic E-state index is 14.4. The lowest BCUT2D eigenvalue weighted by Gasteiger charge is -2.55. The van der Waals surface area contributed by atoms with Crippen LogP contribution in [0.1, 0.15) is 114 Å². The van der Waals surface area contributed by atoms with Crippen LogP contribution in [0.15, 0.2) is 47.6 Å². The Bertz CT molecular complexity index is 1670. The zero-order valence-electron chi connectivity index (χ0n) is 39.8. The summed E-state index contributed by atoms with van der Waals surface area (Å²) in [4.78, 5) is 14.4. The highest BCUT2D eigenvalue weighted by atomic mass is 16.7. The molecule has 19 unspecified atom stereocenters. The monoisotopic (exact) mass is 891 g/mol. The highest BCUT2D eigenvalue weighted by Crippen LogP contribution is 2.50. The topological polar surface area (TPSA) is 170 Å². The predicted molar refractivity (Wildman–Crippen MR) is 234 cm³/mol. The van der Waals surface area contributed by atoms with Crippen molar-refractivity contribution in [2.45, 2.75) is 211 Å². The molecule has 0 saturated carbocycles. The summed E-state index contributed by atoms with van der Waals surface area (Å²) in [7, 11) is 3.15. The maximum Gasteiger partial charge on any atom is 0.316 e. The van der Waals surface area contributed by atoms with E-state index in [0.29, 0.717) is 37.7 Å². The molecule has 6 aliphatic rings. The van der Waals surface area contributed by atoms with Gasteiger partial charge in [0, 0.05) is 52.2 Å². The summed E-state index contributed by atoms with van der Waals surface area (Å²) in [5, 5.41) is 34.3. The minimum Gasteiger partial charge on any atom is -0.462 e. The Hall–Kier alpha value is -2.05. The third-order valence-corrected chi connectivity index (χ3v) is 15.0. The number of ether oxygens (including phenoxy) is 10. The maximum absolute atomic E-state index is 14.4. The highest BCUT2D eigenvalue weighted by Gasteiger charge is 2.61. The number of methoxy groups -OCH3 is 2. The average Bonchev–Trinajstić information content (AvgIpc) is 3.55. The van der Waals surface area contributed by atoms with Gasteiger partial charge in [0.05, 0.1) is 54.9 Å². The number of aliphatic hydroxyl groups excluding tert-OH is 2. The Morgan fingerprint density at radius 3 is 2.38 bits per heavy atom. The van der Waals surface area contributed by atoms with Gasteiger partial charge in [0.1, 0.15) is 35.9 Å². The molecule has 5 fully saturated rings. The summed E-state index contributed by atoms with van der Waals surface area (Å²) in [6.07, 6.45) is 3.74. The molecule has 358 valence electrons. The van der Waals surface area contributed by atoms with E-state index in [1.54, 1.807) is 32.4 Å². The summed E-state index contributed by atoms with van der Waals surface area (Å²) in [5.74, 6) is -2.78. The molecule has 0 aromatic rings. The molecule has 5 saturated heterocycles. The fraction of sp³-hybridized carbons (Fsp3) is 0.816. The van der Waals surface area contributed by atoms with Crippen LogP contribution in [-0.2, 0) is 52.2 Å². The van der Waals surface area contributed by atoms with Gasteiger partial charge >= 0.3 is 5.97 Å². The van der Waals surface area contributed by atoms with Gasteiger partial charge in [-0.1, -0.05) is 65.5 Å². The molecule has 0 aromatic carbocycles. The zero-order valence-corrected chi connectivity index (χ0v) is 39.8. The number of fused-ring (bicyclic) bond motifs is 1. The lowest BCUT2D eigenvalue weighted by molar-refractivity contribution is -0.372. The highest BCUT2D eigenvalue weighted by molar-refractivity contribution is 5.78. The van der Waals surface area contributed by atoms with E-state index < -0.39 is 84.2 Å². The van der Waals surface area contributed by atoms with Crippen molar-refractivity contribution in [3.63, 3.8) is 0 Å². The van der Waals surface area contributed by atoms with Crippen molar-refractivity contribution in [3.8, 4) is 0 Å². The van der Waals surface area contributed by atoms with Crippen molar-refractivity contribution in [1.29, 1.82) is 0 Å². The summed E-state index contributed by atoms with van der Waals surface area (Å²) in [6.45, 7) is 24.1. The molecule has 0 aromatic heterocycles. The first kappa shape index (κ1) is 50.4. The number of carbonyl (C=O) groups excluding carboxylic acids is 1. The number of rotatable bonds is 14. The molecule has 3 N–H and O–H groups in total. The Morgan fingerprint density at radius 2 is 1.75 bits per heavy atom. The van der Waals surface area contributed by atoms with Crippen LogP contribution in [0.2, 0.25) is 0 Å². The molecule has 19 atom stereocenters. The molecule has 1 aliphatic carbocycles. The quantitative estimate of drug-likeness (QED) is 0.132. The van der Waals surface area contributed by atoms with Crippen LogP contribution in [0.4, 0.5) is 0 Å². The van der Waals surface area contributed by atoms with Gasteiger partial charge in [0.15, 0.2) is 18.4 Å². The molecule has 0 bridgehead atoms. The van der Waals surface area contributed by atoms with E-state index in [-0.39, 0.29) is 61.6 Å². The number of allylic oxidation sites excluding steroid dienone is 2. The Balaban J connectivity index is 1.18. The fourth-order valence-electron chi connectivity index (χ4n) is 11.1. The smallest absolute Gasteiger partial charge is 0.316 e. The zero-order chi connectivity index (χ0) is 46.2. The third-order valence-electron chi connectivity index (χ3n) is 15.0. The Kier molecular flexibility index (Phi) is 16.3. The van der Waals surface area contributed by atoms with Gasteiger partial charge in [-0.15, -0.1) is 0 Å². The van der Waals surface area contributed by atoms with E-state index in [0.717, 1.165) is 11.1 Å².